The van der Waals surface area contributed by atoms with Crippen LogP contribution in [0.2, 0.25) is 10.0 Å². The first-order valence-electron chi connectivity index (χ1n) is 8.78. The molecule has 0 unspecified atom stereocenters. The van der Waals surface area contributed by atoms with Crippen LogP contribution in [0.4, 0.5) is 0 Å². The number of benzene rings is 2. The van der Waals surface area contributed by atoms with Crippen molar-refractivity contribution in [2.75, 3.05) is 19.6 Å². The molecule has 2 N–H and O–H groups in total. The lowest BCUT2D eigenvalue weighted by Crippen LogP contribution is -2.33. The summed E-state index contributed by atoms with van der Waals surface area (Å²) in [5.41, 5.74) is 2.20. The standard InChI is InChI=1S/C20H24Cl2N2O/c21-18-4-3-17(20(22)11-18)14-25-19-5-1-15(2-6-19)12-24-13-16-7-9-23-10-8-16/h1-6,11,16,23-24H,7-10,12-14H2. The summed E-state index contributed by atoms with van der Waals surface area (Å²) in [6, 6.07) is 13.7. The molecule has 3 nitrogen and oxygen atoms in total. The first kappa shape index (κ1) is 18.5. The van der Waals surface area contributed by atoms with Crippen LogP contribution in [0.15, 0.2) is 42.5 Å². The summed E-state index contributed by atoms with van der Waals surface area (Å²) >= 11 is 12.1. The predicted octanol–water partition coefficient (Wildman–Crippen LogP) is 4.66. The van der Waals surface area contributed by atoms with Gasteiger partial charge in [-0.25, -0.2) is 0 Å². The maximum Gasteiger partial charge on any atom is 0.119 e. The number of rotatable bonds is 7. The van der Waals surface area contributed by atoms with Gasteiger partial charge in [-0.15, -0.1) is 0 Å². The van der Waals surface area contributed by atoms with Gasteiger partial charge in [0, 0.05) is 22.2 Å². The third-order valence-corrected chi connectivity index (χ3v) is 5.14. The van der Waals surface area contributed by atoms with E-state index in [1.807, 2.05) is 24.3 Å². The Morgan fingerprint density at radius 3 is 2.52 bits per heavy atom. The van der Waals surface area contributed by atoms with Crippen molar-refractivity contribution in [3.05, 3.63) is 63.6 Å². The lowest BCUT2D eigenvalue weighted by molar-refractivity contribution is 0.306. The van der Waals surface area contributed by atoms with E-state index in [1.54, 1.807) is 6.07 Å². The first-order chi connectivity index (χ1) is 12.2. The summed E-state index contributed by atoms with van der Waals surface area (Å²) in [6.07, 6.45) is 2.54. The van der Waals surface area contributed by atoms with Crippen molar-refractivity contribution in [2.45, 2.75) is 26.0 Å². The molecule has 1 saturated heterocycles. The molecule has 0 aliphatic carbocycles. The summed E-state index contributed by atoms with van der Waals surface area (Å²) < 4.78 is 5.81. The van der Waals surface area contributed by atoms with E-state index in [1.165, 1.54) is 18.4 Å². The highest BCUT2D eigenvalue weighted by Crippen LogP contribution is 2.23. The van der Waals surface area contributed by atoms with E-state index < -0.39 is 0 Å². The second kappa shape index (κ2) is 9.44. The number of piperidine rings is 1. The van der Waals surface area contributed by atoms with E-state index >= 15 is 0 Å². The third kappa shape index (κ3) is 5.89. The Balaban J connectivity index is 1.43. The average molecular weight is 379 g/mol. The van der Waals surface area contributed by atoms with Crippen LogP contribution in [0.5, 0.6) is 5.75 Å². The van der Waals surface area contributed by atoms with Gasteiger partial charge in [-0.3, -0.25) is 0 Å². The maximum atomic E-state index is 6.17. The molecule has 5 heteroatoms. The fourth-order valence-electron chi connectivity index (χ4n) is 3.01. The number of hydrogen-bond donors (Lipinski definition) is 2. The Hall–Kier alpha value is -1.26. The topological polar surface area (TPSA) is 33.3 Å². The van der Waals surface area contributed by atoms with Crippen LogP contribution < -0.4 is 15.4 Å². The second-order valence-electron chi connectivity index (χ2n) is 6.49. The molecule has 0 bridgehead atoms. The van der Waals surface area contributed by atoms with Gasteiger partial charge in [0.1, 0.15) is 12.4 Å². The van der Waals surface area contributed by atoms with Crippen molar-refractivity contribution in [2.24, 2.45) is 5.92 Å². The molecule has 0 saturated carbocycles. The number of halogens is 2. The van der Waals surface area contributed by atoms with Gasteiger partial charge in [0.2, 0.25) is 0 Å². The zero-order valence-corrected chi connectivity index (χ0v) is 15.7. The minimum Gasteiger partial charge on any atom is -0.489 e. The minimum atomic E-state index is 0.434. The lowest BCUT2D eigenvalue weighted by atomic mass is 9.98. The van der Waals surface area contributed by atoms with E-state index in [-0.39, 0.29) is 0 Å². The van der Waals surface area contributed by atoms with Crippen molar-refractivity contribution >= 4 is 23.2 Å². The molecule has 3 rings (SSSR count). The summed E-state index contributed by atoms with van der Waals surface area (Å²) in [5.74, 6) is 1.64. The quantitative estimate of drug-likeness (QED) is 0.734. The Morgan fingerprint density at radius 2 is 1.80 bits per heavy atom. The molecule has 1 fully saturated rings. The normalized spacial score (nSPS) is 15.3. The molecule has 0 amide bonds. The summed E-state index contributed by atoms with van der Waals surface area (Å²) in [7, 11) is 0. The van der Waals surface area contributed by atoms with Gasteiger partial charge in [0.25, 0.3) is 0 Å². The molecule has 0 radical (unpaired) electrons. The van der Waals surface area contributed by atoms with E-state index in [0.29, 0.717) is 16.7 Å². The van der Waals surface area contributed by atoms with Gasteiger partial charge in [0.15, 0.2) is 0 Å². The Morgan fingerprint density at radius 1 is 1.04 bits per heavy atom. The van der Waals surface area contributed by atoms with Crippen molar-refractivity contribution in [1.82, 2.24) is 10.6 Å². The van der Waals surface area contributed by atoms with Gasteiger partial charge in [-0.05, 0) is 68.2 Å². The predicted molar refractivity (Wildman–Crippen MR) is 105 cm³/mol. The molecule has 1 aliphatic heterocycles. The number of nitrogens with one attached hydrogen (secondary N) is 2. The van der Waals surface area contributed by atoms with Crippen molar-refractivity contribution in [1.29, 1.82) is 0 Å². The molecular formula is C20H24Cl2N2O. The van der Waals surface area contributed by atoms with Crippen molar-refractivity contribution < 1.29 is 4.74 Å². The Labute approximate surface area is 159 Å². The van der Waals surface area contributed by atoms with Gasteiger partial charge in [-0.2, -0.15) is 0 Å². The van der Waals surface area contributed by atoms with E-state index in [0.717, 1.165) is 43.4 Å². The van der Waals surface area contributed by atoms with Crippen molar-refractivity contribution in [3.8, 4) is 5.75 Å². The molecule has 1 heterocycles. The fourth-order valence-corrected chi connectivity index (χ4v) is 3.47. The minimum absolute atomic E-state index is 0.434. The largest absolute Gasteiger partial charge is 0.489 e. The molecular weight excluding hydrogens is 355 g/mol. The van der Waals surface area contributed by atoms with Crippen LogP contribution in [0.1, 0.15) is 24.0 Å². The monoisotopic (exact) mass is 378 g/mol. The zero-order chi connectivity index (χ0) is 17.5. The highest BCUT2D eigenvalue weighted by Gasteiger charge is 2.11. The van der Waals surface area contributed by atoms with Crippen LogP contribution >= 0.6 is 23.2 Å². The molecule has 2 aromatic rings. The second-order valence-corrected chi connectivity index (χ2v) is 7.34. The molecule has 1 aliphatic rings. The molecule has 134 valence electrons. The highest BCUT2D eigenvalue weighted by atomic mass is 35.5. The van der Waals surface area contributed by atoms with Crippen LogP contribution in [0.25, 0.3) is 0 Å². The number of hydrogen-bond acceptors (Lipinski definition) is 3. The van der Waals surface area contributed by atoms with E-state index in [4.69, 9.17) is 27.9 Å². The van der Waals surface area contributed by atoms with Crippen molar-refractivity contribution in [3.63, 3.8) is 0 Å². The van der Waals surface area contributed by atoms with E-state index in [9.17, 15) is 0 Å². The summed E-state index contributed by atoms with van der Waals surface area (Å²) in [5, 5.41) is 8.23. The van der Waals surface area contributed by atoms with Crippen LogP contribution in [0.3, 0.4) is 0 Å². The molecule has 2 aromatic carbocycles. The number of ether oxygens (including phenoxy) is 1. The highest BCUT2D eigenvalue weighted by molar-refractivity contribution is 6.35. The van der Waals surface area contributed by atoms with Crippen LogP contribution in [-0.4, -0.2) is 19.6 Å². The van der Waals surface area contributed by atoms with Crippen LogP contribution in [-0.2, 0) is 13.2 Å². The molecule has 25 heavy (non-hydrogen) atoms. The first-order valence-corrected chi connectivity index (χ1v) is 9.53. The van der Waals surface area contributed by atoms with Crippen LogP contribution in [0, 0.1) is 5.92 Å². The average Bonchev–Trinajstić information content (AvgIpc) is 2.63. The fraction of sp³-hybridized carbons (Fsp3) is 0.400. The SMILES string of the molecule is Clc1ccc(COc2ccc(CNCC3CCNCC3)cc2)c(Cl)c1. The smallest absolute Gasteiger partial charge is 0.119 e. The summed E-state index contributed by atoms with van der Waals surface area (Å²) in [6.45, 7) is 4.72. The Kier molecular flexibility index (Phi) is 7.00. The molecule has 0 atom stereocenters. The third-order valence-electron chi connectivity index (χ3n) is 4.55. The zero-order valence-electron chi connectivity index (χ0n) is 14.2. The van der Waals surface area contributed by atoms with Gasteiger partial charge >= 0.3 is 0 Å². The van der Waals surface area contributed by atoms with Gasteiger partial charge in [-0.1, -0.05) is 41.4 Å². The summed E-state index contributed by atoms with van der Waals surface area (Å²) in [4.78, 5) is 0. The molecule has 0 aromatic heterocycles. The van der Waals surface area contributed by atoms with E-state index in [2.05, 4.69) is 22.8 Å². The van der Waals surface area contributed by atoms with Gasteiger partial charge < -0.3 is 15.4 Å². The maximum absolute atomic E-state index is 6.17. The Bertz CT molecular complexity index is 670. The molecule has 0 spiro atoms. The lowest BCUT2D eigenvalue weighted by Gasteiger charge is -2.22. The van der Waals surface area contributed by atoms with Gasteiger partial charge in [0.05, 0.1) is 0 Å².